The lowest BCUT2D eigenvalue weighted by molar-refractivity contribution is 0.0694. The van der Waals surface area contributed by atoms with Gasteiger partial charge in [-0.2, -0.15) is 0 Å². The van der Waals surface area contributed by atoms with Crippen molar-refractivity contribution in [3.8, 4) is 0 Å². The topological polar surface area (TPSA) is 52.2 Å². The minimum Gasteiger partial charge on any atom is -0.338 e. The van der Waals surface area contributed by atoms with Crippen molar-refractivity contribution in [3.05, 3.63) is 75.5 Å². The second-order valence-electron chi connectivity index (χ2n) is 8.53. The summed E-state index contributed by atoms with van der Waals surface area (Å²) in [6.07, 6.45) is 2.78. The summed E-state index contributed by atoms with van der Waals surface area (Å²) in [6, 6.07) is 15.2. The van der Waals surface area contributed by atoms with E-state index in [0.717, 1.165) is 38.4 Å². The van der Waals surface area contributed by atoms with Gasteiger partial charge in [-0.25, -0.2) is 4.98 Å². The van der Waals surface area contributed by atoms with Crippen LogP contribution < -0.4 is 0 Å². The van der Waals surface area contributed by atoms with Gasteiger partial charge in [0.25, 0.3) is 5.91 Å². The fourth-order valence-electron chi connectivity index (χ4n) is 5.15. The third-order valence-electron chi connectivity index (χ3n) is 6.52. The zero-order valence-corrected chi connectivity index (χ0v) is 18.4. The van der Waals surface area contributed by atoms with Crippen molar-refractivity contribution in [1.29, 1.82) is 0 Å². The van der Waals surface area contributed by atoms with E-state index >= 15 is 0 Å². The number of likely N-dealkylation sites (tertiary alicyclic amines) is 2. The number of carbonyl (C=O) groups is 1. The van der Waals surface area contributed by atoms with Gasteiger partial charge in [0.2, 0.25) is 0 Å². The van der Waals surface area contributed by atoms with E-state index in [-0.39, 0.29) is 11.9 Å². The molecule has 0 spiro atoms. The van der Waals surface area contributed by atoms with E-state index in [0.29, 0.717) is 17.5 Å². The van der Waals surface area contributed by atoms with E-state index < -0.39 is 0 Å². The molecule has 2 aromatic heterocycles. The highest BCUT2D eigenvalue weighted by molar-refractivity contribution is 7.11. The molecule has 1 N–H and O–H groups in total. The van der Waals surface area contributed by atoms with E-state index in [1.807, 2.05) is 24.3 Å². The summed E-state index contributed by atoms with van der Waals surface area (Å²) in [4.78, 5) is 28.3. The number of aromatic amines is 1. The van der Waals surface area contributed by atoms with Gasteiger partial charge in [0, 0.05) is 41.9 Å². The lowest BCUT2D eigenvalue weighted by atomic mass is 9.89. The third-order valence-corrected chi connectivity index (χ3v) is 7.73. The monoisotopic (exact) mass is 420 g/mol. The quantitative estimate of drug-likeness (QED) is 0.670. The van der Waals surface area contributed by atoms with Gasteiger partial charge in [0.1, 0.15) is 11.5 Å². The standard InChI is InChI=1S/C24H28N4OS/c1-3-19-9-10-20(30-19)14-27-12-18-13-28(24(29)22-11-25-16(2)26-22)23(21(18)15-27)17-7-5-4-6-8-17/h4-11,18,21,23H,3,12-15H2,1-2H3,(H,25,26)/t18-,21-,23-/m0/s1. The zero-order valence-electron chi connectivity index (χ0n) is 17.5. The van der Waals surface area contributed by atoms with Crippen LogP contribution in [0.3, 0.4) is 0 Å². The minimum absolute atomic E-state index is 0.0660. The smallest absolute Gasteiger partial charge is 0.272 e. The second-order valence-corrected chi connectivity index (χ2v) is 9.79. The first kappa shape index (κ1) is 19.5. The average molecular weight is 421 g/mol. The van der Waals surface area contributed by atoms with Crippen LogP contribution in [0.15, 0.2) is 48.7 Å². The first-order valence-corrected chi connectivity index (χ1v) is 11.6. The summed E-state index contributed by atoms with van der Waals surface area (Å²) in [7, 11) is 0. The molecule has 0 saturated carbocycles. The number of aromatic nitrogens is 2. The molecule has 0 bridgehead atoms. The number of hydrogen-bond donors (Lipinski definition) is 1. The van der Waals surface area contributed by atoms with Crippen molar-refractivity contribution in [2.24, 2.45) is 11.8 Å². The number of nitrogens with zero attached hydrogens (tertiary/aromatic N) is 3. The van der Waals surface area contributed by atoms with Crippen LogP contribution in [0.25, 0.3) is 0 Å². The largest absolute Gasteiger partial charge is 0.338 e. The van der Waals surface area contributed by atoms with Crippen LogP contribution in [0.5, 0.6) is 0 Å². The van der Waals surface area contributed by atoms with E-state index in [1.165, 1.54) is 15.3 Å². The maximum Gasteiger partial charge on any atom is 0.272 e. The molecule has 156 valence electrons. The van der Waals surface area contributed by atoms with Crippen LogP contribution in [-0.4, -0.2) is 45.3 Å². The van der Waals surface area contributed by atoms with Gasteiger partial charge in [-0.05, 0) is 37.0 Å². The molecule has 30 heavy (non-hydrogen) atoms. The van der Waals surface area contributed by atoms with Crippen LogP contribution in [0.2, 0.25) is 0 Å². The molecular formula is C24H28N4OS. The van der Waals surface area contributed by atoms with Crippen molar-refractivity contribution >= 4 is 17.2 Å². The van der Waals surface area contributed by atoms with Gasteiger partial charge >= 0.3 is 0 Å². The highest BCUT2D eigenvalue weighted by Gasteiger charge is 2.49. The van der Waals surface area contributed by atoms with Crippen molar-refractivity contribution in [1.82, 2.24) is 19.8 Å². The molecule has 1 amide bonds. The predicted molar refractivity (Wildman–Crippen MR) is 119 cm³/mol. The maximum atomic E-state index is 13.3. The van der Waals surface area contributed by atoms with Gasteiger partial charge < -0.3 is 9.88 Å². The summed E-state index contributed by atoms with van der Waals surface area (Å²) in [6.45, 7) is 8.02. The number of carbonyl (C=O) groups excluding carboxylic acids is 1. The number of H-pyrrole nitrogens is 1. The number of rotatable bonds is 5. The molecule has 3 aromatic rings. The number of thiophene rings is 1. The number of imidazole rings is 1. The molecule has 2 aliphatic rings. The summed E-state index contributed by atoms with van der Waals surface area (Å²) in [5.74, 6) is 1.82. The highest BCUT2D eigenvalue weighted by Crippen LogP contribution is 2.45. The molecule has 2 fully saturated rings. The Hall–Kier alpha value is -2.44. The maximum absolute atomic E-state index is 13.3. The number of hydrogen-bond acceptors (Lipinski definition) is 4. The molecule has 0 radical (unpaired) electrons. The molecular weight excluding hydrogens is 392 g/mol. The number of aryl methyl sites for hydroxylation is 2. The van der Waals surface area contributed by atoms with Gasteiger partial charge in [0.15, 0.2) is 0 Å². The molecule has 2 saturated heterocycles. The van der Waals surface area contributed by atoms with Crippen molar-refractivity contribution < 1.29 is 4.79 Å². The molecule has 0 unspecified atom stereocenters. The van der Waals surface area contributed by atoms with E-state index in [9.17, 15) is 4.79 Å². The first-order valence-electron chi connectivity index (χ1n) is 10.8. The van der Waals surface area contributed by atoms with Crippen molar-refractivity contribution in [2.45, 2.75) is 32.9 Å². The number of benzene rings is 1. The van der Waals surface area contributed by atoms with Crippen molar-refractivity contribution in [3.63, 3.8) is 0 Å². The Bertz CT molecular complexity index is 1030. The average Bonchev–Trinajstić information content (AvgIpc) is 3.52. The molecule has 0 aliphatic carbocycles. The number of amides is 1. The van der Waals surface area contributed by atoms with Gasteiger partial charge in [-0.1, -0.05) is 37.3 Å². The van der Waals surface area contributed by atoms with E-state index in [1.54, 1.807) is 6.20 Å². The molecule has 5 nitrogen and oxygen atoms in total. The van der Waals surface area contributed by atoms with E-state index in [2.05, 4.69) is 63.1 Å². The fourth-order valence-corrected chi connectivity index (χ4v) is 6.15. The molecule has 2 aliphatic heterocycles. The van der Waals surface area contributed by atoms with Crippen LogP contribution in [0.4, 0.5) is 0 Å². The number of nitrogens with one attached hydrogen (secondary N) is 1. The second kappa shape index (κ2) is 8.00. The van der Waals surface area contributed by atoms with Gasteiger partial charge in [0.05, 0.1) is 12.2 Å². The Kier molecular flexibility index (Phi) is 5.21. The Morgan fingerprint density at radius 1 is 1.13 bits per heavy atom. The van der Waals surface area contributed by atoms with E-state index in [4.69, 9.17) is 0 Å². The lowest BCUT2D eigenvalue weighted by Crippen LogP contribution is -2.35. The molecule has 1 aromatic carbocycles. The zero-order chi connectivity index (χ0) is 20.7. The summed E-state index contributed by atoms with van der Waals surface area (Å²) in [5, 5.41) is 0. The molecule has 5 rings (SSSR count). The Balaban J connectivity index is 1.38. The normalized spacial score (nSPS) is 23.8. The summed E-state index contributed by atoms with van der Waals surface area (Å²) < 4.78 is 0. The van der Waals surface area contributed by atoms with Gasteiger partial charge in [-0.3, -0.25) is 9.69 Å². The van der Waals surface area contributed by atoms with Crippen molar-refractivity contribution in [2.75, 3.05) is 19.6 Å². The molecule has 3 atom stereocenters. The first-order chi connectivity index (χ1) is 14.6. The predicted octanol–water partition coefficient (Wildman–Crippen LogP) is 4.29. The Labute approximate surface area is 181 Å². The lowest BCUT2D eigenvalue weighted by Gasteiger charge is -2.29. The fraction of sp³-hybridized carbons (Fsp3) is 0.417. The molecule has 4 heterocycles. The Morgan fingerprint density at radius 2 is 1.93 bits per heavy atom. The summed E-state index contributed by atoms with van der Waals surface area (Å²) in [5.41, 5.74) is 1.83. The van der Waals surface area contributed by atoms with Crippen LogP contribution >= 0.6 is 11.3 Å². The van der Waals surface area contributed by atoms with Crippen LogP contribution in [0, 0.1) is 18.8 Å². The number of fused-ring (bicyclic) bond motifs is 1. The molecule has 6 heteroatoms. The third kappa shape index (κ3) is 3.59. The Morgan fingerprint density at radius 3 is 2.63 bits per heavy atom. The minimum atomic E-state index is 0.0660. The van der Waals surface area contributed by atoms with Crippen LogP contribution in [-0.2, 0) is 13.0 Å². The SMILES string of the molecule is CCc1ccc(CN2C[C@H]3CN(C(=O)c4cnc(C)[nH]4)[C@@H](c4ccccc4)[C@H]3C2)s1. The highest BCUT2D eigenvalue weighted by atomic mass is 32.1. The van der Waals surface area contributed by atoms with Gasteiger partial charge in [-0.15, -0.1) is 11.3 Å². The van der Waals surface area contributed by atoms with Crippen LogP contribution in [0.1, 0.15) is 44.6 Å². The summed E-state index contributed by atoms with van der Waals surface area (Å²) >= 11 is 1.93.